The molecule has 82 valence electrons. The molecule has 1 aliphatic rings. The number of benzene rings is 1. The van der Waals surface area contributed by atoms with Gasteiger partial charge in [0.25, 0.3) is 0 Å². The highest BCUT2D eigenvalue weighted by Crippen LogP contribution is 2.42. The summed E-state index contributed by atoms with van der Waals surface area (Å²) < 4.78 is 0. The number of phenolic OH excluding ortho intramolecular Hbond substituents is 1. The van der Waals surface area contributed by atoms with Crippen LogP contribution in [0.25, 0.3) is 0 Å². The molecule has 0 aromatic heterocycles. The first-order valence-electron chi connectivity index (χ1n) is 5.20. The molecular formula is C12H18N2O. The molecule has 2 rings (SSSR count). The number of likely N-dealkylation sites (N-methyl/N-ethyl adjacent to an activating group) is 2. The lowest BCUT2D eigenvalue weighted by Gasteiger charge is -2.47. The fraction of sp³-hybridized carbons (Fsp3) is 0.500. The highest BCUT2D eigenvalue weighted by molar-refractivity contribution is 5.79. The van der Waals surface area contributed by atoms with Crippen LogP contribution >= 0.6 is 0 Å². The summed E-state index contributed by atoms with van der Waals surface area (Å²) in [7, 11) is 4.10. The van der Waals surface area contributed by atoms with Crippen LogP contribution in [0.2, 0.25) is 0 Å². The first-order chi connectivity index (χ1) is 6.93. The molecule has 0 spiro atoms. The molecule has 1 heterocycles. The maximum atomic E-state index is 9.85. The average Bonchev–Trinajstić information content (AvgIpc) is 2.13. The topological polar surface area (TPSA) is 26.7 Å². The maximum Gasteiger partial charge on any atom is 0.141 e. The van der Waals surface area contributed by atoms with Crippen LogP contribution in [0.5, 0.6) is 5.75 Å². The Balaban J connectivity index is 2.59. The molecule has 0 unspecified atom stereocenters. The second-order valence-electron chi connectivity index (χ2n) is 4.87. The quantitative estimate of drug-likeness (QED) is 0.704. The van der Waals surface area contributed by atoms with Crippen molar-refractivity contribution in [2.75, 3.05) is 30.4 Å². The Bertz CT molecular complexity index is 387. The van der Waals surface area contributed by atoms with Crippen molar-refractivity contribution in [3.8, 4) is 5.75 Å². The van der Waals surface area contributed by atoms with Gasteiger partial charge in [0.1, 0.15) is 11.4 Å². The summed E-state index contributed by atoms with van der Waals surface area (Å²) in [5.74, 6) is 0.359. The van der Waals surface area contributed by atoms with E-state index in [1.165, 1.54) is 0 Å². The van der Waals surface area contributed by atoms with Gasteiger partial charge < -0.3 is 14.9 Å². The number of nitrogens with zero attached hydrogens (tertiary/aromatic N) is 2. The zero-order chi connectivity index (χ0) is 11.2. The molecule has 3 heteroatoms. The molecule has 0 aliphatic carbocycles. The van der Waals surface area contributed by atoms with Crippen molar-refractivity contribution >= 4 is 11.4 Å². The van der Waals surface area contributed by atoms with Gasteiger partial charge in [-0.3, -0.25) is 0 Å². The molecule has 0 fully saturated rings. The molecule has 1 aliphatic heterocycles. The largest absolute Gasteiger partial charge is 0.506 e. The standard InChI is InChI=1S/C12H18N2O/c1-12(2)8-13(3)11-9(14(12)4)6-5-7-10(11)15/h5-7,15H,8H2,1-4H3. The van der Waals surface area contributed by atoms with E-state index in [-0.39, 0.29) is 5.54 Å². The van der Waals surface area contributed by atoms with Crippen molar-refractivity contribution < 1.29 is 5.11 Å². The zero-order valence-electron chi connectivity index (χ0n) is 9.78. The molecule has 0 radical (unpaired) electrons. The highest BCUT2D eigenvalue weighted by Gasteiger charge is 2.33. The summed E-state index contributed by atoms with van der Waals surface area (Å²) in [6, 6.07) is 5.67. The third-order valence-corrected chi connectivity index (χ3v) is 3.27. The van der Waals surface area contributed by atoms with Gasteiger partial charge in [0.05, 0.1) is 11.2 Å². The third kappa shape index (κ3) is 1.42. The predicted molar refractivity (Wildman–Crippen MR) is 63.9 cm³/mol. The van der Waals surface area contributed by atoms with Crippen LogP contribution in [0, 0.1) is 0 Å². The highest BCUT2D eigenvalue weighted by atomic mass is 16.3. The van der Waals surface area contributed by atoms with Crippen LogP contribution in [0.4, 0.5) is 11.4 Å². The van der Waals surface area contributed by atoms with E-state index in [9.17, 15) is 5.11 Å². The molecule has 1 aromatic carbocycles. The van der Waals surface area contributed by atoms with E-state index in [0.29, 0.717) is 5.75 Å². The predicted octanol–water partition coefficient (Wildman–Crippen LogP) is 2.06. The van der Waals surface area contributed by atoms with E-state index in [1.54, 1.807) is 6.07 Å². The first-order valence-corrected chi connectivity index (χ1v) is 5.20. The van der Waals surface area contributed by atoms with Crippen LogP contribution < -0.4 is 9.80 Å². The molecule has 0 atom stereocenters. The van der Waals surface area contributed by atoms with Gasteiger partial charge in [0.2, 0.25) is 0 Å². The molecule has 1 aromatic rings. The SMILES string of the molecule is CN1CC(C)(C)N(C)c2cccc(O)c21. The summed E-state index contributed by atoms with van der Waals surface area (Å²) in [6.07, 6.45) is 0. The molecule has 0 saturated carbocycles. The van der Waals surface area contributed by atoms with E-state index in [2.05, 4.69) is 30.7 Å². The summed E-state index contributed by atoms with van der Waals surface area (Å²) in [5, 5.41) is 9.85. The van der Waals surface area contributed by atoms with Crippen molar-refractivity contribution in [2.24, 2.45) is 0 Å². The zero-order valence-corrected chi connectivity index (χ0v) is 9.78. The van der Waals surface area contributed by atoms with Gasteiger partial charge in [-0.15, -0.1) is 0 Å². The third-order valence-electron chi connectivity index (χ3n) is 3.27. The van der Waals surface area contributed by atoms with Crippen molar-refractivity contribution in [3.05, 3.63) is 18.2 Å². The maximum absolute atomic E-state index is 9.85. The molecule has 0 amide bonds. The normalized spacial score (nSPS) is 18.9. The minimum atomic E-state index is 0.0928. The monoisotopic (exact) mass is 206 g/mol. The number of fused-ring (bicyclic) bond motifs is 1. The van der Waals surface area contributed by atoms with Crippen molar-refractivity contribution in [1.82, 2.24) is 0 Å². The summed E-state index contributed by atoms with van der Waals surface area (Å²) >= 11 is 0. The molecule has 0 saturated heterocycles. The van der Waals surface area contributed by atoms with Crippen LogP contribution in [-0.2, 0) is 0 Å². The van der Waals surface area contributed by atoms with Gasteiger partial charge in [0.15, 0.2) is 0 Å². The first kappa shape index (κ1) is 10.1. The van der Waals surface area contributed by atoms with Crippen LogP contribution in [0.15, 0.2) is 18.2 Å². The van der Waals surface area contributed by atoms with Gasteiger partial charge in [-0.1, -0.05) is 6.07 Å². The Hall–Kier alpha value is -1.38. The van der Waals surface area contributed by atoms with E-state index < -0.39 is 0 Å². The molecule has 15 heavy (non-hydrogen) atoms. The number of para-hydroxylation sites is 1. The smallest absolute Gasteiger partial charge is 0.141 e. The molecule has 3 nitrogen and oxygen atoms in total. The van der Waals surface area contributed by atoms with Crippen molar-refractivity contribution in [1.29, 1.82) is 0 Å². The van der Waals surface area contributed by atoms with E-state index in [1.807, 2.05) is 19.2 Å². The van der Waals surface area contributed by atoms with Gasteiger partial charge in [-0.05, 0) is 26.0 Å². The Morgan fingerprint density at radius 1 is 1.27 bits per heavy atom. The lowest BCUT2D eigenvalue weighted by atomic mass is 9.97. The van der Waals surface area contributed by atoms with E-state index in [0.717, 1.165) is 17.9 Å². The van der Waals surface area contributed by atoms with Gasteiger partial charge in [0, 0.05) is 20.6 Å². The number of anilines is 2. The number of phenols is 1. The Morgan fingerprint density at radius 2 is 1.93 bits per heavy atom. The van der Waals surface area contributed by atoms with Gasteiger partial charge >= 0.3 is 0 Å². The lowest BCUT2D eigenvalue weighted by molar-refractivity contribution is 0.448. The molecule has 1 N–H and O–H groups in total. The summed E-state index contributed by atoms with van der Waals surface area (Å²) in [6.45, 7) is 5.32. The van der Waals surface area contributed by atoms with Crippen LogP contribution in [-0.4, -0.2) is 31.3 Å². The Kier molecular flexibility index (Phi) is 2.07. The molecular weight excluding hydrogens is 188 g/mol. The van der Waals surface area contributed by atoms with Crippen molar-refractivity contribution in [2.45, 2.75) is 19.4 Å². The van der Waals surface area contributed by atoms with E-state index >= 15 is 0 Å². The average molecular weight is 206 g/mol. The minimum absolute atomic E-state index is 0.0928. The second kappa shape index (κ2) is 3.05. The minimum Gasteiger partial charge on any atom is -0.506 e. The lowest BCUT2D eigenvalue weighted by Crippen LogP contribution is -2.53. The fourth-order valence-corrected chi connectivity index (χ4v) is 2.27. The van der Waals surface area contributed by atoms with Gasteiger partial charge in [-0.25, -0.2) is 0 Å². The number of aromatic hydroxyl groups is 1. The Morgan fingerprint density at radius 3 is 2.60 bits per heavy atom. The second-order valence-corrected chi connectivity index (χ2v) is 4.87. The summed E-state index contributed by atoms with van der Waals surface area (Å²) in [4.78, 5) is 4.34. The summed E-state index contributed by atoms with van der Waals surface area (Å²) in [5.41, 5.74) is 2.11. The van der Waals surface area contributed by atoms with Crippen LogP contribution in [0.3, 0.4) is 0 Å². The van der Waals surface area contributed by atoms with Crippen LogP contribution in [0.1, 0.15) is 13.8 Å². The van der Waals surface area contributed by atoms with Gasteiger partial charge in [-0.2, -0.15) is 0 Å². The number of hydrogen-bond acceptors (Lipinski definition) is 3. The fourth-order valence-electron chi connectivity index (χ4n) is 2.27. The van der Waals surface area contributed by atoms with Crippen molar-refractivity contribution in [3.63, 3.8) is 0 Å². The molecule has 0 bridgehead atoms. The number of rotatable bonds is 0. The van der Waals surface area contributed by atoms with E-state index in [4.69, 9.17) is 0 Å². The Labute approximate surface area is 90.9 Å². The number of hydrogen-bond donors (Lipinski definition) is 1.